The van der Waals surface area contributed by atoms with Crippen molar-refractivity contribution in [1.29, 1.82) is 0 Å². The first-order valence-corrected chi connectivity index (χ1v) is 8.56. The van der Waals surface area contributed by atoms with Crippen molar-refractivity contribution >= 4 is 39.1 Å². The van der Waals surface area contributed by atoms with Gasteiger partial charge < -0.3 is 4.74 Å². The maximum absolute atomic E-state index is 6.27. The molecule has 0 aromatic heterocycles. The summed E-state index contributed by atoms with van der Waals surface area (Å²) < 4.78 is 6.79. The van der Waals surface area contributed by atoms with Gasteiger partial charge in [-0.05, 0) is 37.3 Å². The van der Waals surface area contributed by atoms with Gasteiger partial charge in [0.25, 0.3) is 0 Å². The minimum Gasteiger partial charge on any atom is -0.378 e. The predicted molar refractivity (Wildman–Crippen MR) is 85.5 cm³/mol. The Morgan fingerprint density at radius 1 is 1.26 bits per heavy atom. The Morgan fingerprint density at radius 2 is 2.00 bits per heavy atom. The first kappa shape index (κ1) is 15.6. The van der Waals surface area contributed by atoms with E-state index in [1.807, 2.05) is 12.1 Å². The van der Waals surface area contributed by atoms with Crippen LogP contribution in [-0.2, 0) is 10.2 Å². The minimum absolute atomic E-state index is 0.171. The number of rotatable bonds is 6. The molecule has 0 saturated carbocycles. The Kier molecular flexibility index (Phi) is 6.01. The lowest BCUT2D eigenvalue weighted by Gasteiger charge is -2.32. The summed E-state index contributed by atoms with van der Waals surface area (Å²) >= 11 is 16.2. The van der Waals surface area contributed by atoms with Crippen molar-refractivity contribution in [2.75, 3.05) is 18.4 Å². The summed E-state index contributed by atoms with van der Waals surface area (Å²) in [6.45, 7) is 0.897. The Balaban J connectivity index is 2.14. The van der Waals surface area contributed by atoms with Crippen molar-refractivity contribution in [3.8, 4) is 0 Å². The van der Waals surface area contributed by atoms with Gasteiger partial charge in [0.15, 0.2) is 0 Å². The van der Waals surface area contributed by atoms with E-state index < -0.39 is 0 Å². The molecule has 1 saturated heterocycles. The zero-order chi connectivity index (χ0) is 13.7. The molecule has 0 amide bonds. The van der Waals surface area contributed by atoms with Crippen LogP contribution in [-0.4, -0.2) is 24.5 Å². The molecule has 0 radical (unpaired) electrons. The predicted octanol–water partition coefficient (Wildman–Crippen LogP) is 5.12. The van der Waals surface area contributed by atoms with Gasteiger partial charge in [-0.3, -0.25) is 0 Å². The maximum atomic E-state index is 6.27. The van der Waals surface area contributed by atoms with Gasteiger partial charge in [0.05, 0.1) is 6.10 Å². The van der Waals surface area contributed by atoms with E-state index in [9.17, 15) is 0 Å². The van der Waals surface area contributed by atoms with Crippen LogP contribution in [0.2, 0.25) is 0 Å². The van der Waals surface area contributed by atoms with Gasteiger partial charge in [0.2, 0.25) is 0 Å². The molecule has 1 heterocycles. The Morgan fingerprint density at radius 3 is 2.58 bits per heavy atom. The lowest BCUT2D eigenvalue weighted by Crippen LogP contribution is -2.32. The average Bonchev–Trinajstić information content (AvgIpc) is 2.95. The summed E-state index contributed by atoms with van der Waals surface area (Å²) in [5.74, 6) is 1.07. The smallest absolute Gasteiger partial charge is 0.0576 e. The SMILES string of the molecule is ClCC(CCl)(CCC1CCCO1)c1ccccc1Br. The first-order valence-electron chi connectivity index (χ1n) is 6.70. The van der Waals surface area contributed by atoms with Crippen LogP contribution in [0.3, 0.4) is 0 Å². The molecule has 1 atom stereocenters. The molecule has 0 spiro atoms. The van der Waals surface area contributed by atoms with Crippen LogP contribution >= 0.6 is 39.1 Å². The molecule has 1 aliphatic rings. The zero-order valence-corrected chi connectivity index (χ0v) is 14.0. The summed E-state index contributed by atoms with van der Waals surface area (Å²) in [6, 6.07) is 8.22. The van der Waals surface area contributed by atoms with E-state index in [2.05, 4.69) is 28.1 Å². The summed E-state index contributed by atoms with van der Waals surface area (Å²) in [7, 11) is 0. The highest BCUT2D eigenvalue weighted by atomic mass is 79.9. The van der Waals surface area contributed by atoms with Crippen LogP contribution in [0.4, 0.5) is 0 Å². The highest BCUT2D eigenvalue weighted by Gasteiger charge is 2.33. The molecule has 2 rings (SSSR count). The summed E-state index contributed by atoms with van der Waals surface area (Å²) in [4.78, 5) is 0. The molecule has 1 aliphatic heterocycles. The van der Waals surface area contributed by atoms with E-state index in [-0.39, 0.29) is 5.41 Å². The number of benzene rings is 1. The molecule has 106 valence electrons. The van der Waals surface area contributed by atoms with Crippen molar-refractivity contribution in [1.82, 2.24) is 0 Å². The third-order valence-corrected chi connectivity index (χ3v) is 5.64. The lowest BCUT2D eigenvalue weighted by molar-refractivity contribution is 0.0976. The van der Waals surface area contributed by atoms with Crippen LogP contribution in [0.5, 0.6) is 0 Å². The molecule has 1 nitrogen and oxygen atoms in total. The highest BCUT2D eigenvalue weighted by Crippen LogP contribution is 2.38. The Hall–Kier alpha value is 0.240. The standard InChI is InChI=1S/C15H19BrCl2O/c16-14-6-2-1-5-13(14)15(10-17,11-18)8-7-12-4-3-9-19-12/h1-2,5-6,12H,3-4,7-11H2. The normalized spacial score (nSPS) is 19.8. The third-order valence-electron chi connectivity index (χ3n) is 3.93. The van der Waals surface area contributed by atoms with Crippen LogP contribution in [0.15, 0.2) is 28.7 Å². The number of halogens is 3. The number of ether oxygens (including phenoxy) is 1. The van der Waals surface area contributed by atoms with Gasteiger partial charge in [0, 0.05) is 28.3 Å². The van der Waals surface area contributed by atoms with Crippen LogP contribution in [0, 0.1) is 0 Å². The average molecular weight is 366 g/mol. The van der Waals surface area contributed by atoms with Gasteiger partial charge in [0.1, 0.15) is 0 Å². The fourth-order valence-corrected chi connectivity index (χ4v) is 4.19. The first-order chi connectivity index (χ1) is 9.22. The maximum Gasteiger partial charge on any atom is 0.0576 e. The van der Waals surface area contributed by atoms with Crippen molar-refractivity contribution in [2.45, 2.75) is 37.2 Å². The van der Waals surface area contributed by atoms with E-state index in [0.717, 1.165) is 30.3 Å². The van der Waals surface area contributed by atoms with E-state index in [0.29, 0.717) is 17.9 Å². The van der Waals surface area contributed by atoms with Crippen molar-refractivity contribution in [3.05, 3.63) is 34.3 Å². The molecule has 4 heteroatoms. The number of hydrogen-bond acceptors (Lipinski definition) is 1. The van der Waals surface area contributed by atoms with Crippen molar-refractivity contribution in [3.63, 3.8) is 0 Å². The fraction of sp³-hybridized carbons (Fsp3) is 0.600. The molecule has 0 aliphatic carbocycles. The topological polar surface area (TPSA) is 9.23 Å². The molecule has 1 unspecified atom stereocenters. The lowest BCUT2D eigenvalue weighted by atomic mass is 9.79. The largest absolute Gasteiger partial charge is 0.378 e. The summed E-state index contributed by atoms with van der Waals surface area (Å²) in [6.07, 6.45) is 4.72. The number of alkyl halides is 2. The van der Waals surface area contributed by atoms with Gasteiger partial charge in [-0.2, -0.15) is 0 Å². The van der Waals surface area contributed by atoms with Crippen LogP contribution in [0.25, 0.3) is 0 Å². The molecule has 0 N–H and O–H groups in total. The third kappa shape index (κ3) is 3.66. The van der Waals surface area contributed by atoms with E-state index in [1.54, 1.807) is 0 Å². The molecular formula is C15H19BrCl2O. The Bertz CT molecular complexity index is 401. The summed E-state index contributed by atoms with van der Waals surface area (Å²) in [5.41, 5.74) is 1.04. The summed E-state index contributed by atoms with van der Waals surface area (Å²) in [5, 5.41) is 0. The van der Waals surface area contributed by atoms with Crippen molar-refractivity contribution < 1.29 is 4.74 Å². The van der Waals surface area contributed by atoms with Crippen LogP contribution in [0.1, 0.15) is 31.2 Å². The molecule has 0 bridgehead atoms. The fourth-order valence-electron chi connectivity index (χ4n) is 2.65. The van der Waals surface area contributed by atoms with Gasteiger partial charge in [-0.25, -0.2) is 0 Å². The zero-order valence-electron chi connectivity index (χ0n) is 10.9. The van der Waals surface area contributed by atoms with E-state index in [4.69, 9.17) is 27.9 Å². The van der Waals surface area contributed by atoms with Gasteiger partial charge >= 0.3 is 0 Å². The Labute approximate surface area is 133 Å². The monoisotopic (exact) mass is 364 g/mol. The second kappa shape index (κ2) is 7.31. The second-order valence-electron chi connectivity index (χ2n) is 5.20. The minimum atomic E-state index is -0.171. The van der Waals surface area contributed by atoms with Crippen LogP contribution < -0.4 is 0 Å². The van der Waals surface area contributed by atoms with E-state index >= 15 is 0 Å². The van der Waals surface area contributed by atoms with Gasteiger partial charge in [-0.1, -0.05) is 34.1 Å². The molecular weight excluding hydrogens is 347 g/mol. The highest BCUT2D eigenvalue weighted by molar-refractivity contribution is 9.10. The molecule has 19 heavy (non-hydrogen) atoms. The van der Waals surface area contributed by atoms with E-state index in [1.165, 1.54) is 12.0 Å². The molecule has 1 aromatic carbocycles. The molecule has 1 aromatic rings. The number of hydrogen-bond donors (Lipinski definition) is 0. The molecule has 1 fully saturated rings. The van der Waals surface area contributed by atoms with Gasteiger partial charge in [-0.15, -0.1) is 23.2 Å². The quantitative estimate of drug-likeness (QED) is 0.635. The van der Waals surface area contributed by atoms with Crippen molar-refractivity contribution in [2.24, 2.45) is 0 Å². The second-order valence-corrected chi connectivity index (χ2v) is 6.59.